The van der Waals surface area contributed by atoms with E-state index in [0.717, 1.165) is 16.7 Å². The molecule has 2 nitrogen and oxygen atoms in total. The van der Waals surface area contributed by atoms with Crippen molar-refractivity contribution in [3.8, 4) is 0 Å². The average molecular weight is 290 g/mol. The third-order valence-corrected chi connectivity index (χ3v) is 3.98. The van der Waals surface area contributed by atoms with Gasteiger partial charge < -0.3 is 4.74 Å². The van der Waals surface area contributed by atoms with Crippen LogP contribution in [0.3, 0.4) is 0 Å². The second-order valence-corrected chi connectivity index (χ2v) is 5.61. The Morgan fingerprint density at radius 2 is 1.59 bits per heavy atom. The molecular formula is C20H18O2. The second kappa shape index (κ2) is 5.39. The van der Waals surface area contributed by atoms with Crippen LogP contribution in [-0.2, 0) is 10.3 Å². The third kappa shape index (κ3) is 2.04. The van der Waals surface area contributed by atoms with Crippen molar-refractivity contribution < 1.29 is 9.53 Å². The largest absolute Gasteiger partial charge is 0.357 e. The summed E-state index contributed by atoms with van der Waals surface area (Å²) >= 11 is 0. The molecule has 2 heteroatoms. The highest BCUT2D eigenvalue weighted by Gasteiger charge is 2.42. The minimum absolute atomic E-state index is 0.0302. The Bertz CT molecular complexity index is 721. The zero-order chi connectivity index (χ0) is 15.7. The van der Waals surface area contributed by atoms with Gasteiger partial charge in [-0.15, -0.1) is 0 Å². The number of benzene rings is 2. The fraction of sp³-hybridized carbons (Fsp3) is 0.150. The quantitative estimate of drug-likeness (QED) is 0.787. The monoisotopic (exact) mass is 290 g/mol. The third-order valence-electron chi connectivity index (χ3n) is 3.98. The van der Waals surface area contributed by atoms with E-state index in [1.807, 2.05) is 55.5 Å². The predicted molar refractivity (Wildman–Crippen MR) is 88.1 cm³/mol. The Balaban J connectivity index is 2.29. The van der Waals surface area contributed by atoms with Crippen LogP contribution < -0.4 is 0 Å². The summed E-state index contributed by atoms with van der Waals surface area (Å²) in [4.78, 5) is 12.7. The molecule has 0 unspecified atom stereocenters. The van der Waals surface area contributed by atoms with Gasteiger partial charge in [0.2, 0.25) is 0 Å². The van der Waals surface area contributed by atoms with Crippen LogP contribution in [0.25, 0.3) is 0 Å². The maximum absolute atomic E-state index is 12.7. The molecule has 0 fully saturated rings. The Kier molecular flexibility index (Phi) is 3.55. The topological polar surface area (TPSA) is 26.3 Å². The smallest absolute Gasteiger partial charge is 0.193 e. The van der Waals surface area contributed by atoms with Gasteiger partial charge in [0.05, 0.1) is 6.61 Å². The minimum atomic E-state index is -0.819. The van der Waals surface area contributed by atoms with Gasteiger partial charge in [0.15, 0.2) is 5.78 Å². The lowest BCUT2D eigenvalue weighted by molar-refractivity contribution is 0.0314. The lowest BCUT2D eigenvalue weighted by atomic mass is 9.74. The van der Waals surface area contributed by atoms with Crippen molar-refractivity contribution in [3.05, 3.63) is 95.6 Å². The average Bonchev–Trinajstić information content (AvgIpc) is 2.55. The van der Waals surface area contributed by atoms with E-state index in [1.165, 1.54) is 0 Å². The van der Waals surface area contributed by atoms with Gasteiger partial charge in [-0.2, -0.15) is 0 Å². The molecule has 1 aliphatic rings. The molecule has 2 aromatic rings. The van der Waals surface area contributed by atoms with E-state index in [0.29, 0.717) is 17.7 Å². The van der Waals surface area contributed by atoms with Crippen LogP contribution in [-0.4, -0.2) is 12.4 Å². The summed E-state index contributed by atoms with van der Waals surface area (Å²) < 4.78 is 6.21. The van der Waals surface area contributed by atoms with E-state index in [9.17, 15) is 4.79 Å². The molecule has 22 heavy (non-hydrogen) atoms. The lowest BCUT2D eigenvalue weighted by Crippen LogP contribution is -2.37. The van der Waals surface area contributed by atoms with E-state index in [2.05, 4.69) is 13.2 Å². The summed E-state index contributed by atoms with van der Waals surface area (Å²) in [6.07, 6.45) is 1.78. The zero-order valence-corrected chi connectivity index (χ0v) is 12.6. The highest BCUT2D eigenvalue weighted by atomic mass is 16.5. The first-order valence-electron chi connectivity index (χ1n) is 7.26. The van der Waals surface area contributed by atoms with Crippen molar-refractivity contribution in [2.45, 2.75) is 12.5 Å². The Morgan fingerprint density at radius 1 is 1.09 bits per heavy atom. The number of rotatable bonds is 4. The standard InChI is InChI=1S/C20H18O2/c1-4-20(22-13-14(2)3)17-11-7-5-9-15(17)19(21)16-10-6-8-12-18(16)20/h4-12H,1-2,13H2,3H3. The van der Waals surface area contributed by atoms with Gasteiger partial charge in [0.25, 0.3) is 0 Å². The molecule has 0 amide bonds. The Morgan fingerprint density at radius 3 is 2.05 bits per heavy atom. The summed E-state index contributed by atoms with van der Waals surface area (Å²) in [6, 6.07) is 15.1. The molecule has 0 radical (unpaired) electrons. The molecular weight excluding hydrogens is 272 g/mol. The summed E-state index contributed by atoms with van der Waals surface area (Å²) in [5.74, 6) is 0.0302. The van der Waals surface area contributed by atoms with Crippen LogP contribution in [0.2, 0.25) is 0 Å². The van der Waals surface area contributed by atoms with Crippen LogP contribution in [0.15, 0.2) is 73.3 Å². The van der Waals surface area contributed by atoms with E-state index < -0.39 is 5.60 Å². The van der Waals surface area contributed by atoms with Gasteiger partial charge in [-0.05, 0) is 6.92 Å². The number of hydrogen-bond donors (Lipinski definition) is 0. The molecule has 1 aliphatic carbocycles. The van der Waals surface area contributed by atoms with Gasteiger partial charge in [0.1, 0.15) is 5.60 Å². The molecule has 0 saturated carbocycles. The predicted octanol–water partition coefficient (Wildman–Crippen LogP) is 4.25. The Labute approximate surface area is 130 Å². The number of ketones is 1. The molecule has 0 atom stereocenters. The van der Waals surface area contributed by atoms with Gasteiger partial charge in [0, 0.05) is 22.3 Å². The molecule has 0 spiro atoms. The molecule has 0 N–H and O–H groups in total. The summed E-state index contributed by atoms with van der Waals surface area (Å²) in [5.41, 5.74) is 3.13. The van der Waals surface area contributed by atoms with E-state index >= 15 is 0 Å². The molecule has 0 aliphatic heterocycles. The van der Waals surface area contributed by atoms with Crippen molar-refractivity contribution in [2.75, 3.05) is 6.61 Å². The molecule has 0 aromatic heterocycles. The molecule has 3 rings (SSSR count). The van der Waals surface area contributed by atoms with Crippen molar-refractivity contribution in [1.29, 1.82) is 0 Å². The van der Waals surface area contributed by atoms with Gasteiger partial charge >= 0.3 is 0 Å². The maximum Gasteiger partial charge on any atom is 0.193 e. The maximum atomic E-state index is 12.7. The summed E-state index contributed by atoms with van der Waals surface area (Å²) in [5, 5.41) is 0. The second-order valence-electron chi connectivity index (χ2n) is 5.61. The molecule has 0 bridgehead atoms. The first-order chi connectivity index (χ1) is 10.6. The fourth-order valence-electron chi connectivity index (χ4n) is 2.97. The first kappa shape index (κ1) is 14.5. The number of fused-ring (bicyclic) bond motifs is 2. The van der Waals surface area contributed by atoms with Crippen molar-refractivity contribution in [3.63, 3.8) is 0 Å². The molecule has 110 valence electrons. The van der Waals surface area contributed by atoms with Gasteiger partial charge in [-0.25, -0.2) is 0 Å². The summed E-state index contributed by atoms with van der Waals surface area (Å²) in [7, 11) is 0. The normalized spacial score (nSPS) is 14.9. The SMILES string of the molecule is C=CC1(OCC(=C)C)c2ccccc2C(=O)c2ccccc21. The fourth-order valence-corrected chi connectivity index (χ4v) is 2.97. The number of carbonyl (C=O) groups excluding carboxylic acids is 1. The van der Waals surface area contributed by atoms with Crippen LogP contribution in [0.1, 0.15) is 34.0 Å². The van der Waals surface area contributed by atoms with Crippen LogP contribution in [0, 0.1) is 0 Å². The first-order valence-corrected chi connectivity index (χ1v) is 7.26. The molecule has 0 heterocycles. The van der Waals surface area contributed by atoms with Crippen LogP contribution >= 0.6 is 0 Å². The number of carbonyl (C=O) groups is 1. The zero-order valence-electron chi connectivity index (χ0n) is 12.6. The van der Waals surface area contributed by atoms with Gasteiger partial charge in [-0.1, -0.05) is 73.3 Å². The van der Waals surface area contributed by atoms with Crippen molar-refractivity contribution >= 4 is 5.78 Å². The minimum Gasteiger partial charge on any atom is -0.357 e. The van der Waals surface area contributed by atoms with E-state index in [-0.39, 0.29) is 5.78 Å². The molecule has 0 saturated heterocycles. The number of hydrogen-bond acceptors (Lipinski definition) is 2. The lowest BCUT2D eigenvalue weighted by Gasteiger charge is -2.37. The number of ether oxygens (including phenoxy) is 1. The molecule has 2 aromatic carbocycles. The van der Waals surface area contributed by atoms with Gasteiger partial charge in [-0.3, -0.25) is 4.79 Å². The van der Waals surface area contributed by atoms with Crippen LogP contribution in [0.4, 0.5) is 0 Å². The van der Waals surface area contributed by atoms with E-state index in [1.54, 1.807) is 6.08 Å². The van der Waals surface area contributed by atoms with Crippen molar-refractivity contribution in [2.24, 2.45) is 0 Å². The van der Waals surface area contributed by atoms with E-state index in [4.69, 9.17) is 4.74 Å². The van der Waals surface area contributed by atoms with Crippen LogP contribution in [0.5, 0.6) is 0 Å². The Hall–Kier alpha value is -2.45. The highest BCUT2D eigenvalue weighted by molar-refractivity contribution is 6.13. The van der Waals surface area contributed by atoms with Crippen molar-refractivity contribution in [1.82, 2.24) is 0 Å². The highest BCUT2D eigenvalue weighted by Crippen LogP contribution is 2.43. The summed E-state index contributed by atoms with van der Waals surface area (Å²) in [6.45, 7) is 10.2.